The fraction of sp³-hybridized carbons (Fsp3) is 0.545. The van der Waals surface area contributed by atoms with Crippen LogP contribution >= 0.6 is 0 Å². The van der Waals surface area contributed by atoms with Gasteiger partial charge in [0.05, 0.1) is 6.04 Å². The van der Waals surface area contributed by atoms with Crippen LogP contribution in [-0.2, 0) is 0 Å². The highest BCUT2D eigenvalue weighted by Crippen LogP contribution is 2.17. The van der Waals surface area contributed by atoms with Gasteiger partial charge in [-0.05, 0) is 23.6 Å². The van der Waals surface area contributed by atoms with E-state index in [1.54, 1.807) is 0 Å². The predicted octanol–water partition coefficient (Wildman–Crippen LogP) is 1.59. The van der Waals surface area contributed by atoms with Crippen molar-refractivity contribution in [1.82, 2.24) is 10.3 Å². The molecule has 3 nitrogen and oxygen atoms in total. The summed E-state index contributed by atoms with van der Waals surface area (Å²) in [6.07, 6.45) is 1.88. The smallest absolute Gasteiger partial charge is 0.126 e. The maximum Gasteiger partial charge on any atom is 0.126 e. The Kier molecular flexibility index (Phi) is 2.68. The molecular formula is C11H17N3. The van der Waals surface area contributed by atoms with Crippen LogP contribution in [0.3, 0.4) is 0 Å². The third-order valence-corrected chi connectivity index (χ3v) is 2.58. The summed E-state index contributed by atoms with van der Waals surface area (Å²) < 4.78 is 0. The molecule has 0 radical (unpaired) electrons. The van der Waals surface area contributed by atoms with Gasteiger partial charge in [0.1, 0.15) is 5.82 Å². The molecule has 0 amide bonds. The second-order valence-electron chi connectivity index (χ2n) is 4.13. The maximum absolute atomic E-state index is 4.30. The molecule has 14 heavy (non-hydrogen) atoms. The number of aromatic nitrogens is 1. The Morgan fingerprint density at radius 3 is 2.86 bits per heavy atom. The number of anilines is 1. The van der Waals surface area contributed by atoms with Crippen molar-refractivity contribution in [3.63, 3.8) is 0 Å². The van der Waals surface area contributed by atoms with Gasteiger partial charge in [-0.25, -0.2) is 4.98 Å². The first-order chi connectivity index (χ1) is 6.75. The summed E-state index contributed by atoms with van der Waals surface area (Å²) in [6.45, 7) is 6.50. The predicted molar refractivity (Wildman–Crippen MR) is 58.6 cm³/mol. The average molecular weight is 191 g/mol. The van der Waals surface area contributed by atoms with Crippen LogP contribution < -0.4 is 10.6 Å². The molecule has 0 saturated carbocycles. The number of pyridine rings is 1. The highest BCUT2D eigenvalue weighted by atomic mass is 15.1. The summed E-state index contributed by atoms with van der Waals surface area (Å²) in [5, 5.41) is 6.63. The first-order valence-electron chi connectivity index (χ1n) is 5.19. The van der Waals surface area contributed by atoms with E-state index in [0.29, 0.717) is 12.0 Å². The number of rotatable bonds is 3. The lowest BCUT2D eigenvalue weighted by Gasteiger charge is -2.28. The summed E-state index contributed by atoms with van der Waals surface area (Å²) in [4.78, 5) is 4.30. The molecule has 0 aromatic carbocycles. The lowest BCUT2D eigenvalue weighted by atomic mass is 10.0. The molecule has 1 aromatic heterocycles. The monoisotopic (exact) mass is 191 g/mol. The van der Waals surface area contributed by atoms with Crippen molar-refractivity contribution in [2.45, 2.75) is 25.8 Å². The van der Waals surface area contributed by atoms with Gasteiger partial charge in [-0.1, -0.05) is 13.8 Å². The van der Waals surface area contributed by atoms with Crippen molar-refractivity contribution in [1.29, 1.82) is 0 Å². The van der Waals surface area contributed by atoms with Gasteiger partial charge < -0.3 is 10.6 Å². The minimum absolute atomic E-state index is 0.560. The van der Waals surface area contributed by atoms with Crippen LogP contribution in [0.2, 0.25) is 0 Å². The summed E-state index contributed by atoms with van der Waals surface area (Å²) in [5.41, 5.74) is 1.34. The van der Waals surface area contributed by atoms with Crippen LogP contribution in [0.4, 0.5) is 5.82 Å². The second kappa shape index (κ2) is 3.96. The fourth-order valence-electron chi connectivity index (χ4n) is 1.48. The third kappa shape index (κ3) is 2.04. The first kappa shape index (κ1) is 9.46. The van der Waals surface area contributed by atoms with Gasteiger partial charge in [-0.15, -0.1) is 0 Å². The van der Waals surface area contributed by atoms with Gasteiger partial charge in [0.25, 0.3) is 0 Å². The molecule has 2 N–H and O–H groups in total. The number of nitrogens with one attached hydrogen (secondary N) is 2. The zero-order valence-corrected chi connectivity index (χ0v) is 8.75. The third-order valence-electron chi connectivity index (χ3n) is 2.58. The quantitative estimate of drug-likeness (QED) is 0.761. The van der Waals surface area contributed by atoms with E-state index in [1.165, 1.54) is 5.56 Å². The van der Waals surface area contributed by atoms with Gasteiger partial charge in [-0.3, -0.25) is 0 Å². The van der Waals surface area contributed by atoms with E-state index in [4.69, 9.17) is 0 Å². The Morgan fingerprint density at radius 1 is 1.50 bits per heavy atom. The van der Waals surface area contributed by atoms with Crippen molar-refractivity contribution in [2.75, 3.05) is 18.4 Å². The SMILES string of the molecule is CC(C)c1ccnc(NC2CNC2)c1. The van der Waals surface area contributed by atoms with Gasteiger partial charge >= 0.3 is 0 Å². The van der Waals surface area contributed by atoms with E-state index in [1.807, 2.05) is 6.20 Å². The van der Waals surface area contributed by atoms with Crippen LogP contribution in [0.5, 0.6) is 0 Å². The largest absolute Gasteiger partial charge is 0.365 e. The summed E-state index contributed by atoms with van der Waals surface area (Å²) in [5.74, 6) is 1.57. The van der Waals surface area contributed by atoms with Crippen LogP contribution in [0.25, 0.3) is 0 Å². The Hall–Kier alpha value is -1.09. The molecule has 1 fully saturated rings. The van der Waals surface area contributed by atoms with E-state index < -0.39 is 0 Å². The maximum atomic E-state index is 4.30. The standard InChI is InChI=1S/C11H17N3/c1-8(2)9-3-4-13-11(5-9)14-10-6-12-7-10/h3-5,8,10,12H,6-7H2,1-2H3,(H,13,14). The lowest BCUT2D eigenvalue weighted by molar-refractivity contribution is 0.471. The zero-order valence-electron chi connectivity index (χ0n) is 8.75. The van der Waals surface area contributed by atoms with E-state index in [0.717, 1.165) is 18.9 Å². The van der Waals surface area contributed by atoms with Gasteiger partial charge in [0.2, 0.25) is 0 Å². The van der Waals surface area contributed by atoms with Crippen LogP contribution in [-0.4, -0.2) is 24.1 Å². The average Bonchev–Trinajstić information content (AvgIpc) is 2.12. The number of nitrogens with zero attached hydrogens (tertiary/aromatic N) is 1. The lowest BCUT2D eigenvalue weighted by Crippen LogP contribution is -2.51. The molecule has 1 aliphatic rings. The van der Waals surface area contributed by atoms with Crippen LogP contribution in [0.15, 0.2) is 18.3 Å². The van der Waals surface area contributed by atoms with Gasteiger partial charge in [-0.2, -0.15) is 0 Å². The molecule has 76 valence electrons. The van der Waals surface area contributed by atoms with Crippen molar-refractivity contribution < 1.29 is 0 Å². The molecule has 0 bridgehead atoms. The number of hydrogen-bond donors (Lipinski definition) is 2. The summed E-state index contributed by atoms with van der Waals surface area (Å²) in [6, 6.07) is 4.78. The topological polar surface area (TPSA) is 37.0 Å². The molecule has 0 atom stereocenters. The van der Waals surface area contributed by atoms with Gasteiger partial charge in [0.15, 0.2) is 0 Å². The molecule has 0 spiro atoms. The zero-order chi connectivity index (χ0) is 9.97. The van der Waals surface area contributed by atoms with Crippen molar-refractivity contribution in [3.05, 3.63) is 23.9 Å². The van der Waals surface area contributed by atoms with E-state index in [-0.39, 0.29) is 0 Å². The molecule has 1 aliphatic heterocycles. The Bertz CT molecular complexity index is 305. The van der Waals surface area contributed by atoms with Gasteiger partial charge in [0, 0.05) is 19.3 Å². The highest BCUT2D eigenvalue weighted by molar-refractivity contribution is 5.40. The Morgan fingerprint density at radius 2 is 2.29 bits per heavy atom. The molecule has 0 unspecified atom stereocenters. The molecule has 0 aliphatic carbocycles. The number of hydrogen-bond acceptors (Lipinski definition) is 3. The van der Waals surface area contributed by atoms with Crippen molar-refractivity contribution in [2.24, 2.45) is 0 Å². The molecular weight excluding hydrogens is 174 g/mol. The second-order valence-corrected chi connectivity index (χ2v) is 4.13. The van der Waals surface area contributed by atoms with Crippen molar-refractivity contribution >= 4 is 5.82 Å². The molecule has 2 heterocycles. The Balaban J connectivity index is 2.05. The summed E-state index contributed by atoms with van der Waals surface area (Å²) >= 11 is 0. The molecule has 3 heteroatoms. The molecule has 1 aromatic rings. The minimum Gasteiger partial charge on any atom is -0.365 e. The fourth-order valence-corrected chi connectivity index (χ4v) is 1.48. The van der Waals surface area contributed by atoms with E-state index in [9.17, 15) is 0 Å². The van der Waals surface area contributed by atoms with E-state index in [2.05, 4.69) is 41.6 Å². The highest BCUT2D eigenvalue weighted by Gasteiger charge is 2.16. The first-order valence-corrected chi connectivity index (χ1v) is 5.19. The van der Waals surface area contributed by atoms with Crippen LogP contribution in [0.1, 0.15) is 25.3 Å². The minimum atomic E-state index is 0.560. The summed E-state index contributed by atoms with van der Waals surface area (Å²) in [7, 11) is 0. The van der Waals surface area contributed by atoms with E-state index >= 15 is 0 Å². The molecule has 2 rings (SSSR count). The van der Waals surface area contributed by atoms with Crippen molar-refractivity contribution in [3.8, 4) is 0 Å². The van der Waals surface area contributed by atoms with Crippen LogP contribution in [0, 0.1) is 0 Å². The normalized spacial score (nSPS) is 16.8. The Labute approximate surface area is 84.9 Å². The molecule has 1 saturated heterocycles.